The van der Waals surface area contributed by atoms with Crippen LogP contribution in [0.25, 0.3) is 39.6 Å². The lowest BCUT2D eigenvalue weighted by Crippen LogP contribution is -2.30. The van der Waals surface area contributed by atoms with E-state index in [4.69, 9.17) is 0 Å². The van der Waals surface area contributed by atoms with E-state index in [2.05, 4.69) is 35.3 Å². The molecular formula is C32H28F3N3O. The highest BCUT2D eigenvalue weighted by atomic mass is 19.4. The Morgan fingerprint density at radius 1 is 0.949 bits per heavy atom. The second-order valence-corrected chi connectivity index (χ2v) is 11.0. The summed E-state index contributed by atoms with van der Waals surface area (Å²) in [6, 6.07) is 18.6. The number of aromatic nitrogens is 2. The quantitative estimate of drug-likeness (QED) is 0.275. The number of imidazole rings is 1. The van der Waals surface area contributed by atoms with Crippen molar-refractivity contribution in [1.29, 1.82) is 0 Å². The van der Waals surface area contributed by atoms with Crippen molar-refractivity contribution in [2.45, 2.75) is 38.4 Å². The molecule has 7 rings (SSSR count). The highest BCUT2D eigenvalue weighted by molar-refractivity contribution is 5.85. The van der Waals surface area contributed by atoms with Crippen molar-refractivity contribution >= 4 is 23.0 Å². The molecule has 1 aromatic heterocycles. The molecule has 0 radical (unpaired) electrons. The first-order valence-corrected chi connectivity index (χ1v) is 13.6. The van der Waals surface area contributed by atoms with Crippen molar-refractivity contribution < 1.29 is 18.0 Å². The van der Waals surface area contributed by atoms with Crippen molar-refractivity contribution in [2.75, 3.05) is 13.1 Å². The fourth-order valence-corrected chi connectivity index (χ4v) is 6.06. The van der Waals surface area contributed by atoms with Gasteiger partial charge < -0.3 is 9.47 Å². The van der Waals surface area contributed by atoms with E-state index in [0.717, 1.165) is 48.4 Å². The number of benzene rings is 3. The second kappa shape index (κ2) is 9.11. The van der Waals surface area contributed by atoms with Crippen LogP contribution in [0.2, 0.25) is 0 Å². The fourth-order valence-electron chi connectivity index (χ4n) is 6.06. The minimum atomic E-state index is -4.50. The molecule has 198 valence electrons. The Morgan fingerprint density at radius 3 is 2.49 bits per heavy atom. The van der Waals surface area contributed by atoms with Crippen LogP contribution < -0.4 is 0 Å². The molecule has 4 aromatic rings. The third kappa shape index (κ3) is 4.44. The largest absolute Gasteiger partial charge is 0.418 e. The lowest BCUT2D eigenvalue weighted by Gasteiger charge is -2.18. The predicted molar refractivity (Wildman–Crippen MR) is 146 cm³/mol. The zero-order valence-electron chi connectivity index (χ0n) is 21.4. The average Bonchev–Trinajstić information content (AvgIpc) is 3.32. The summed E-state index contributed by atoms with van der Waals surface area (Å²) in [5.41, 5.74) is 5.20. The molecule has 1 unspecified atom stereocenters. The van der Waals surface area contributed by atoms with Crippen molar-refractivity contribution in [3.63, 3.8) is 0 Å². The third-order valence-corrected chi connectivity index (χ3v) is 8.30. The van der Waals surface area contributed by atoms with Gasteiger partial charge in [-0.3, -0.25) is 4.79 Å². The van der Waals surface area contributed by atoms with E-state index in [1.165, 1.54) is 17.2 Å². The van der Waals surface area contributed by atoms with Gasteiger partial charge in [0.15, 0.2) is 0 Å². The number of likely N-dealkylation sites (tertiary alicyclic amines) is 1. The Kier molecular flexibility index (Phi) is 5.65. The summed E-state index contributed by atoms with van der Waals surface area (Å²) in [4.78, 5) is 19.1. The Hall–Kier alpha value is -3.87. The maximum absolute atomic E-state index is 13.9. The minimum absolute atomic E-state index is 0.0286. The number of alkyl halides is 3. The summed E-state index contributed by atoms with van der Waals surface area (Å²) in [6.45, 7) is 1.86. The SMILES string of the molecule is O=C(C1CC1)N1CCC(Cn2c(-c3ccc(-c4ccc5c(c4)CC=C5)cc3)nc3c(C(F)(F)F)cccc32)C1. The number of carbonyl (C=O) groups is 1. The normalized spacial score (nSPS) is 18.7. The molecular weight excluding hydrogens is 499 g/mol. The minimum Gasteiger partial charge on any atom is -0.342 e. The van der Waals surface area contributed by atoms with Gasteiger partial charge in [0.05, 0.1) is 11.1 Å². The zero-order valence-corrected chi connectivity index (χ0v) is 21.4. The van der Waals surface area contributed by atoms with Gasteiger partial charge in [-0.2, -0.15) is 13.2 Å². The van der Waals surface area contributed by atoms with Crippen LogP contribution in [0.1, 0.15) is 36.0 Å². The van der Waals surface area contributed by atoms with Crippen molar-refractivity contribution in [3.05, 3.63) is 83.4 Å². The van der Waals surface area contributed by atoms with Crippen LogP contribution >= 0.6 is 0 Å². The second-order valence-electron chi connectivity index (χ2n) is 11.0. The molecule has 1 amide bonds. The molecule has 3 aliphatic rings. The number of hydrogen-bond acceptors (Lipinski definition) is 2. The first-order chi connectivity index (χ1) is 18.8. The summed E-state index contributed by atoms with van der Waals surface area (Å²) in [7, 11) is 0. The summed E-state index contributed by atoms with van der Waals surface area (Å²) in [5, 5.41) is 0. The molecule has 7 heteroatoms. The number of hydrogen-bond donors (Lipinski definition) is 0. The number of halogens is 3. The van der Waals surface area contributed by atoms with E-state index in [1.54, 1.807) is 6.07 Å². The molecule has 4 nitrogen and oxygen atoms in total. The Labute approximate surface area is 224 Å². The van der Waals surface area contributed by atoms with Gasteiger partial charge in [0, 0.05) is 31.1 Å². The van der Waals surface area contributed by atoms with Crippen LogP contribution in [0.3, 0.4) is 0 Å². The van der Waals surface area contributed by atoms with Gasteiger partial charge in [-0.25, -0.2) is 4.98 Å². The highest BCUT2D eigenvalue weighted by Gasteiger charge is 2.38. The number of nitrogens with zero attached hydrogens (tertiary/aromatic N) is 3. The van der Waals surface area contributed by atoms with Crippen LogP contribution in [-0.4, -0.2) is 33.4 Å². The number of rotatable bonds is 5. The van der Waals surface area contributed by atoms with E-state index in [1.807, 2.05) is 33.7 Å². The lowest BCUT2D eigenvalue weighted by atomic mass is 9.99. The smallest absolute Gasteiger partial charge is 0.342 e. The van der Waals surface area contributed by atoms with E-state index in [-0.39, 0.29) is 23.3 Å². The van der Waals surface area contributed by atoms with Gasteiger partial charge in [0.1, 0.15) is 11.3 Å². The van der Waals surface area contributed by atoms with Crippen molar-refractivity contribution in [3.8, 4) is 22.5 Å². The van der Waals surface area contributed by atoms with Crippen LogP contribution in [0.15, 0.2) is 66.7 Å². The molecule has 0 bridgehead atoms. The van der Waals surface area contributed by atoms with E-state index in [0.29, 0.717) is 31.0 Å². The predicted octanol–water partition coefficient (Wildman–Crippen LogP) is 7.22. The van der Waals surface area contributed by atoms with Crippen LogP contribution in [-0.2, 0) is 23.9 Å². The van der Waals surface area contributed by atoms with Gasteiger partial charge in [0.2, 0.25) is 5.91 Å². The molecule has 1 saturated heterocycles. The van der Waals surface area contributed by atoms with E-state index in [9.17, 15) is 18.0 Å². The Bertz CT molecular complexity index is 1610. The average molecular weight is 528 g/mol. The molecule has 0 spiro atoms. The first-order valence-electron chi connectivity index (χ1n) is 13.6. The monoisotopic (exact) mass is 527 g/mol. The number of para-hydroxylation sites is 1. The number of allylic oxidation sites excluding steroid dienone is 1. The number of amides is 1. The van der Waals surface area contributed by atoms with E-state index < -0.39 is 11.7 Å². The maximum atomic E-state index is 13.9. The van der Waals surface area contributed by atoms with Gasteiger partial charge >= 0.3 is 6.18 Å². The molecule has 39 heavy (non-hydrogen) atoms. The van der Waals surface area contributed by atoms with Crippen LogP contribution in [0.5, 0.6) is 0 Å². The standard InChI is InChI=1S/C32H28F3N3O/c33-32(34,35)27-5-2-6-28-29(27)36-30(38(28)19-20-15-16-37(18-20)31(39)24-12-13-24)23-10-7-22(8-11-23)26-14-9-21-3-1-4-25(21)17-26/h1-3,5-11,14,17,20,24H,4,12-13,15-16,18-19H2. The third-order valence-electron chi connectivity index (χ3n) is 8.30. The number of carbonyl (C=O) groups excluding carboxylic acids is 1. The summed E-state index contributed by atoms with van der Waals surface area (Å²) in [6.07, 6.45) is 3.49. The number of fused-ring (bicyclic) bond motifs is 2. The molecule has 2 aliphatic carbocycles. The topological polar surface area (TPSA) is 38.1 Å². The van der Waals surface area contributed by atoms with Crippen LogP contribution in [0.4, 0.5) is 13.2 Å². The summed E-state index contributed by atoms with van der Waals surface area (Å²) in [5.74, 6) is 1.09. The van der Waals surface area contributed by atoms with Crippen LogP contribution in [0, 0.1) is 11.8 Å². The zero-order chi connectivity index (χ0) is 26.7. The van der Waals surface area contributed by atoms with Gasteiger partial charge in [-0.15, -0.1) is 0 Å². The molecule has 2 heterocycles. The Balaban J connectivity index is 1.25. The maximum Gasteiger partial charge on any atom is 0.418 e. The van der Waals surface area contributed by atoms with Gasteiger partial charge in [-0.05, 0) is 66.0 Å². The van der Waals surface area contributed by atoms with Crippen molar-refractivity contribution in [2.24, 2.45) is 11.8 Å². The van der Waals surface area contributed by atoms with Gasteiger partial charge in [0.25, 0.3) is 0 Å². The molecule has 3 aromatic carbocycles. The van der Waals surface area contributed by atoms with Gasteiger partial charge in [-0.1, -0.05) is 60.7 Å². The highest BCUT2D eigenvalue weighted by Crippen LogP contribution is 2.38. The molecule has 1 aliphatic heterocycles. The first kappa shape index (κ1) is 24.2. The molecule has 1 atom stereocenters. The van der Waals surface area contributed by atoms with Crippen molar-refractivity contribution in [1.82, 2.24) is 14.5 Å². The molecule has 1 saturated carbocycles. The van der Waals surface area contributed by atoms with E-state index >= 15 is 0 Å². The fraction of sp³-hybridized carbons (Fsp3) is 0.312. The molecule has 2 fully saturated rings. The lowest BCUT2D eigenvalue weighted by molar-refractivity contribution is -0.136. The Morgan fingerprint density at radius 2 is 1.72 bits per heavy atom. The summed E-state index contributed by atoms with van der Waals surface area (Å²) >= 11 is 0. The molecule has 0 N–H and O–H groups in total. The summed E-state index contributed by atoms with van der Waals surface area (Å²) < 4.78 is 43.7.